The summed E-state index contributed by atoms with van der Waals surface area (Å²) < 4.78 is 0. The molecule has 2 aliphatic heterocycles. The van der Waals surface area contributed by atoms with E-state index in [4.69, 9.17) is 0 Å². The van der Waals surface area contributed by atoms with E-state index in [-0.39, 0.29) is 0 Å². The molecule has 2 bridgehead atoms. The molecule has 1 nitrogen and oxygen atoms in total. The van der Waals surface area contributed by atoms with E-state index >= 15 is 0 Å². The molecular formula is C13H15N. The van der Waals surface area contributed by atoms with Gasteiger partial charge in [0, 0.05) is 12.1 Å². The smallest absolute Gasteiger partial charge is 0.0360 e. The van der Waals surface area contributed by atoms with Gasteiger partial charge in [-0.15, -0.1) is 0 Å². The minimum atomic E-state index is 0.559. The van der Waals surface area contributed by atoms with Crippen LogP contribution in [0.15, 0.2) is 36.4 Å². The van der Waals surface area contributed by atoms with Gasteiger partial charge in [-0.2, -0.15) is 0 Å². The maximum absolute atomic E-state index is 3.71. The van der Waals surface area contributed by atoms with E-state index in [2.05, 4.69) is 41.7 Å². The summed E-state index contributed by atoms with van der Waals surface area (Å²) in [5.41, 5.74) is 3.06. The highest BCUT2D eigenvalue weighted by Crippen LogP contribution is 2.30. The number of rotatable bonds is 0. The first kappa shape index (κ1) is 8.25. The van der Waals surface area contributed by atoms with Gasteiger partial charge in [0.2, 0.25) is 0 Å². The molecule has 2 atom stereocenters. The molecule has 0 amide bonds. The molecule has 2 heterocycles. The first-order chi connectivity index (χ1) is 6.93. The van der Waals surface area contributed by atoms with E-state index in [9.17, 15) is 0 Å². The van der Waals surface area contributed by atoms with Crippen molar-refractivity contribution in [1.82, 2.24) is 5.32 Å². The molecule has 1 aromatic rings. The molecule has 1 aromatic carbocycles. The SMILES string of the molecule is C1=CCC2NC(C1)Cc1ccccc12. The van der Waals surface area contributed by atoms with E-state index in [0.717, 1.165) is 6.42 Å². The Morgan fingerprint density at radius 2 is 1.93 bits per heavy atom. The largest absolute Gasteiger partial charge is 0.306 e. The van der Waals surface area contributed by atoms with Crippen LogP contribution in [0.2, 0.25) is 0 Å². The Labute approximate surface area is 84.8 Å². The molecule has 2 unspecified atom stereocenters. The van der Waals surface area contributed by atoms with Gasteiger partial charge in [-0.05, 0) is 30.4 Å². The number of benzene rings is 1. The van der Waals surface area contributed by atoms with Gasteiger partial charge in [0.1, 0.15) is 0 Å². The van der Waals surface area contributed by atoms with Crippen molar-refractivity contribution in [1.29, 1.82) is 0 Å². The Hall–Kier alpha value is -1.08. The first-order valence-corrected chi connectivity index (χ1v) is 5.42. The average molecular weight is 185 g/mol. The minimum Gasteiger partial charge on any atom is -0.306 e. The van der Waals surface area contributed by atoms with Crippen molar-refractivity contribution in [3.8, 4) is 0 Å². The van der Waals surface area contributed by atoms with Gasteiger partial charge in [-0.25, -0.2) is 0 Å². The van der Waals surface area contributed by atoms with Gasteiger partial charge in [-0.3, -0.25) is 0 Å². The lowest BCUT2D eigenvalue weighted by molar-refractivity contribution is 0.416. The highest BCUT2D eigenvalue weighted by atomic mass is 15.0. The summed E-state index contributed by atoms with van der Waals surface area (Å²) in [5.74, 6) is 0. The molecule has 14 heavy (non-hydrogen) atoms. The third kappa shape index (κ3) is 1.28. The van der Waals surface area contributed by atoms with E-state index < -0.39 is 0 Å². The van der Waals surface area contributed by atoms with Crippen LogP contribution in [-0.4, -0.2) is 6.04 Å². The Balaban J connectivity index is 2.05. The van der Waals surface area contributed by atoms with Gasteiger partial charge < -0.3 is 5.32 Å². The van der Waals surface area contributed by atoms with Crippen molar-refractivity contribution in [2.45, 2.75) is 31.3 Å². The summed E-state index contributed by atoms with van der Waals surface area (Å²) in [6, 6.07) is 10.1. The summed E-state index contributed by atoms with van der Waals surface area (Å²) >= 11 is 0. The van der Waals surface area contributed by atoms with Crippen molar-refractivity contribution in [3.05, 3.63) is 47.5 Å². The zero-order chi connectivity index (χ0) is 9.38. The summed E-state index contributed by atoms with van der Waals surface area (Å²) in [6.45, 7) is 0. The molecule has 0 aromatic heterocycles. The van der Waals surface area contributed by atoms with Crippen LogP contribution in [0.3, 0.4) is 0 Å². The third-order valence-electron chi connectivity index (χ3n) is 3.29. The topological polar surface area (TPSA) is 12.0 Å². The van der Waals surface area contributed by atoms with Crippen LogP contribution in [-0.2, 0) is 6.42 Å². The van der Waals surface area contributed by atoms with E-state index in [1.807, 2.05) is 0 Å². The molecule has 0 saturated carbocycles. The fraction of sp³-hybridized carbons (Fsp3) is 0.385. The van der Waals surface area contributed by atoms with Gasteiger partial charge in [0.15, 0.2) is 0 Å². The van der Waals surface area contributed by atoms with E-state index in [0.29, 0.717) is 12.1 Å². The number of hydrogen-bond donors (Lipinski definition) is 1. The standard InChI is InChI=1S/C13H15N/c1-3-7-12-10(5-1)9-11-6-2-4-8-13(12)14-11/h1-5,7,11,13-14H,6,8-9H2. The second kappa shape index (κ2) is 3.25. The summed E-state index contributed by atoms with van der Waals surface area (Å²) in [6.07, 6.45) is 8.17. The molecule has 0 radical (unpaired) electrons. The Morgan fingerprint density at radius 1 is 1.07 bits per heavy atom. The lowest BCUT2D eigenvalue weighted by Crippen LogP contribution is -2.37. The van der Waals surface area contributed by atoms with E-state index in [1.165, 1.54) is 18.4 Å². The second-order valence-corrected chi connectivity index (χ2v) is 4.26. The third-order valence-corrected chi connectivity index (χ3v) is 3.29. The first-order valence-electron chi connectivity index (χ1n) is 5.42. The second-order valence-electron chi connectivity index (χ2n) is 4.26. The Bertz CT molecular complexity index is 367. The van der Waals surface area contributed by atoms with Gasteiger partial charge >= 0.3 is 0 Å². The Kier molecular flexibility index (Phi) is 1.91. The quantitative estimate of drug-likeness (QED) is 0.613. The summed E-state index contributed by atoms with van der Waals surface area (Å²) in [5, 5.41) is 3.71. The van der Waals surface area contributed by atoms with Crippen LogP contribution in [0.1, 0.15) is 30.0 Å². The van der Waals surface area contributed by atoms with Crippen LogP contribution in [0.5, 0.6) is 0 Å². The number of hydrogen-bond acceptors (Lipinski definition) is 1. The maximum atomic E-state index is 3.71. The van der Waals surface area contributed by atoms with Gasteiger partial charge in [0.05, 0.1) is 0 Å². The zero-order valence-electron chi connectivity index (χ0n) is 8.24. The highest BCUT2D eigenvalue weighted by molar-refractivity contribution is 5.34. The van der Waals surface area contributed by atoms with Crippen LogP contribution in [0, 0.1) is 0 Å². The molecule has 0 aliphatic carbocycles. The van der Waals surface area contributed by atoms with Crippen LogP contribution in [0.25, 0.3) is 0 Å². The molecule has 0 spiro atoms. The average Bonchev–Trinajstić information content (AvgIpc) is 2.41. The van der Waals surface area contributed by atoms with Crippen molar-refractivity contribution in [2.24, 2.45) is 0 Å². The van der Waals surface area contributed by atoms with Crippen molar-refractivity contribution >= 4 is 0 Å². The predicted molar refractivity (Wildman–Crippen MR) is 58.2 cm³/mol. The zero-order valence-corrected chi connectivity index (χ0v) is 8.24. The van der Waals surface area contributed by atoms with Crippen LogP contribution in [0.4, 0.5) is 0 Å². The fourth-order valence-electron chi connectivity index (χ4n) is 2.60. The molecule has 0 saturated heterocycles. The van der Waals surface area contributed by atoms with Crippen LogP contribution < -0.4 is 5.32 Å². The number of fused-ring (bicyclic) bond motifs is 4. The highest BCUT2D eigenvalue weighted by Gasteiger charge is 2.25. The summed E-state index contributed by atoms with van der Waals surface area (Å²) in [7, 11) is 0. The molecule has 3 rings (SSSR count). The molecule has 1 heteroatoms. The van der Waals surface area contributed by atoms with Crippen molar-refractivity contribution in [3.63, 3.8) is 0 Å². The molecular weight excluding hydrogens is 170 g/mol. The fourth-order valence-corrected chi connectivity index (χ4v) is 2.60. The normalized spacial score (nSPS) is 29.4. The lowest BCUT2D eigenvalue weighted by atomic mass is 9.89. The Morgan fingerprint density at radius 3 is 2.93 bits per heavy atom. The lowest BCUT2D eigenvalue weighted by Gasteiger charge is -2.31. The molecule has 0 fully saturated rings. The summed E-state index contributed by atoms with van der Waals surface area (Å²) in [4.78, 5) is 0. The molecule has 1 N–H and O–H groups in total. The number of nitrogens with one attached hydrogen (secondary N) is 1. The van der Waals surface area contributed by atoms with Gasteiger partial charge in [-0.1, -0.05) is 36.4 Å². The minimum absolute atomic E-state index is 0.559. The van der Waals surface area contributed by atoms with E-state index in [1.54, 1.807) is 5.56 Å². The maximum Gasteiger partial charge on any atom is 0.0360 e. The van der Waals surface area contributed by atoms with Gasteiger partial charge in [0.25, 0.3) is 0 Å². The monoisotopic (exact) mass is 185 g/mol. The molecule has 2 aliphatic rings. The van der Waals surface area contributed by atoms with Crippen LogP contribution >= 0.6 is 0 Å². The van der Waals surface area contributed by atoms with Crippen molar-refractivity contribution in [2.75, 3.05) is 0 Å². The predicted octanol–water partition coefficient (Wildman–Crippen LogP) is 2.59. The molecule has 72 valence electrons. The van der Waals surface area contributed by atoms with Crippen molar-refractivity contribution < 1.29 is 0 Å².